The first-order valence-electron chi connectivity index (χ1n) is 9.31. The number of nitrogens with one attached hydrogen (secondary N) is 1. The number of benzene rings is 1. The van der Waals surface area contributed by atoms with Crippen molar-refractivity contribution in [1.29, 1.82) is 0 Å². The number of carbonyl (C=O) groups is 1. The quantitative estimate of drug-likeness (QED) is 0.702. The standard InChI is InChI=1S/C19H26FN3O4S/c1-22-12-17(16-11-15(20)3-4-18(16)22)19(24)27-13-14-5-8-23(9-6-14)10-7-21-28(2,25)26/h3-4,11-12,14,21H,5-10,13H2,1-2H3. The number of esters is 1. The molecule has 0 atom stereocenters. The summed E-state index contributed by atoms with van der Waals surface area (Å²) >= 11 is 0. The fourth-order valence-electron chi connectivity index (χ4n) is 3.56. The Hall–Kier alpha value is -1.97. The molecule has 2 heterocycles. The van der Waals surface area contributed by atoms with Crippen molar-refractivity contribution in [1.82, 2.24) is 14.2 Å². The highest BCUT2D eigenvalue weighted by atomic mass is 32.2. The molecule has 3 rings (SSSR count). The van der Waals surface area contributed by atoms with Gasteiger partial charge in [0.15, 0.2) is 0 Å². The first kappa shape index (κ1) is 20.8. The zero-order chi connectivity index (χ0) is 20.3. The molecule has 1 N–H and O–H groups in total. The number of hydrogen-bond acceptors (Lipinski definition) is 5. The third kappa shape index (κ3) is 5.30. The van der Waals surface area contributed by atoms with Gasteiger partial charge in [-0.15, -0.1) is 0 Å². The van der Waals surface area contributed by atoms with Gasteiger partial charge in [-0.05, 0) is 50.0 Å². The van der Waals surface area contributed by atoms with Crippen molar-refractivity contribution >= 4 is 26.9 Å². The van der Waals surface area contributed by atoms with Gasteiger partial charge in [-0.1, -0.05) is 0 Å². The topological polar surface area (TPSA) is 80.6 Å². The Morgan fingerprint density at radius 3 is 2.71 bits per heavy atom. The highest BCUT2D eigenvalue weighted by Crippen LogP contribution is 2.23. The van der Waals surface area contributed by atoms with Crippen LogP contribution in [0, 0.1) is 11.7 Å². The van der Waals surface area contributed by atoms with Gasteiger partial charge in [-0.25, -0.2) is 22.3 Å². The van der Waals surface area contributed by atoms with Crippen molar-refractivity contribution in [3.63, 3.8) is 0 Å². The summed E-state index contributed by atoms with van der Waals surface area (Å²) in [5.74, 6) is -0.545. The second kappa shape index (κ2) is 8.59. The van der Waals surface area contributed by atoms with E-state index in [1.165, 1.54) is 12.1 Å². The molecule has 28 heavy (non-hydrogen) atoms. The van der Waals surface area contributed by atoms with Gasteiger partial charge >= 0.3 is 5.97 Å². The molecule has 0 amide bonds. The van der Waals surface area contributed by atoms with Crippen LogP contribution in [0.25, 0.3) is 10.9 Å². The Bertz CT molecular complexity index is 949. The maximum Gasteiger partial charge on any atom is 0.340 e. The zero-order valence-corrected chi connectivity index (χ0v) is 17.0. The number of nitrogens with zero attached hydrogens (tertiary/aromatic N) is 2. The molecule has 0 saturated carbocycles. The van der Waals surface area contributed by atoms with E-state index in [9.17, 15) is 17.6 Å². The molecule has 2 aromatic rings. The van der Waals surface area contributed by atoms with E-state index in [1.54, 1.807) is 16.8 Å². The lowest BCUT2D eigenvalue weighted by molar-refractivity contribution is 0.0376. The minimum Gasteiger partial charge on any atom is -0.462 e. The van der Waals surface area contributed by atoms with Gasteiger partial charge in [0.05, 0.1) is 18.4 Å². The molecule has 0 unspecified atom stereocenters. The first-order valence-corrected chi connectivity index (χ1v) is 11.2. The molecule has 154 valence electrons. The number of piperidine rings is 1. The minimum atomic E-state index is -3.16. The van der Waals surface area contributed by atoms with E-state index in [0.717, 1.165) is 37.7 Å². The number of fused-ring (bicyclic) bond motifs is 1. The maximum absolute atomic E-state index is 13.6. The molecule has 0 aliphatic carbocycles. The van der Waals surface area contributed by atoms with E-state index in [4.69, 9.17) is 4.74 Å². The summed E-state index contributed by atoms with van der Waals surface area (Å²) in [6.07, 6.45) is 4.59. The van der Waals surface area contributed by atoms with Crippen LogP contribution in [0.2, 0.25) is 0 Å². The molecular weight excluding hydrogens is 385 g/mol. The van der Waals surface area contributed by atoms with Crippen molar-refractivity contribution in [2.75, 3.05) is 39.0 Å². The second-order valence-corrected chi connectivity index (χ2v) is 9.20. The number of ether oxygens (including phenoxy) is 1. The van der Waals surface area contributed by atoms with Crippen LogP contribution in [-0.4, -0.2) is 62.9 Å². The molecule has 1 saturated heterocycles. The Kier molecular flexibility index (Phi) is 6.36. The van der Waals surface area contributed by atoms with Gasteiger partial charge in [0.1, 0.15) is 5.82 Å². The molecule has 0 spiro atoms. The van der Waals surface area contributed by atoms with Crippen molar-refractivity contribution in [2.45, 2.75) is 12.8 Å². The number of likely N-dealkylation sites (tertiary alicyclic amines) is 1. The monoisotopic (exact) mass is 411 g/mol. The molecule has 1 aliphatic heterocycles. The lowest BCUT2D eigenvalue weighted by Gasteiger charge is -2.31. The van der Waals surface area contributed by atoms with E-state index in [0.29, 0.717) is 30.6 Å². The third-order valence-electron chi connectivity index (χ3n) is 5.12. The number of aromatic nitrogens is 1. The van der Waals surface area contributed by atoms with E-state index in [1.807, 2.05) is 7.05 Å². The van der Waals surface area contributed by atoms with E-state index >= 15 is 0 Å². The summed E-state index contributed by atoms with van der Waals surface area (Å²) in [5.41, 5.74) is 1.16. The molecular formula is C19H26FN3O4S. The lowest BCUT2D eigenvalue weighted by Crippen LogP contribution is -2.40. The predicted octanol–water partition coefficient (Wildman–Crippen LogP) is 1.74. The van der Waals surface area contributed by atoms with Crippen LogP contribution < -0.4 is 4.72 Å². The predicted molar refractivity (Wildman–Crippen MR) is 105 cm³/mol. The zero-order valence-electron chi connectivity index (χ0n) is 16.2. The fraction of sp³-hybridized carbons (Fsp3) is 0.526. The normalized spacial score (nSPS) is 16.5. The molecule has 9 heteroatoms. The van der Waals surface area contributed by atoms with Crippen molar-refractivity contribution in [2.24, 2.45) is 13.0 Å². The Balaban J connectivity index is 1.48. The summed E-state index contributed by atoms with van der Waals surface area (Å²) in [6.45, 7) is 3.08. The third-order valence-corrected chi connectivity index (χ3v) is 5.85. The Morgan fingerprint density at radius 1 is 1.32 bits per heavy atom. The van der Waals surface area contributed by atoms with Crippen molar-refractivity contribution < 1.29 is 22.3 Å². The minimum absolute atomic E-state index is 0.273. The molecule has 0 bridgehead atoms. The van der Waals surface area contributed by atoms with Crippen LogP contribution in [0.15, 0.2) is 24.4 Å². The van der Waals surface area contributed by atoms with Gasteiger partial charge in [0.25, 0.3) is 0 Å². The van der Waals surface area contributed by atoms with Gasteiger partial charge in [-0.3, -0.25) is 0 Å². The molecule has 1 aromatic heterocycles. The number of sulfonamides is 1. The highest BCUT2D eigenvalue weighted by molar-refractivity contribution is 7.88. The maximum atomic E-state index is 13.6. The summed E-state index contributed by atoms with van der Waals surface area (Å²) < 4.78 is 45.5. The van der Waals surface area contributed by atoms with Crippen LogP contribution in [0.5, 0.6) is 0 Å². The molecule has 0 radical (unpaired) electrons. The van der Waals surface area contributed by atoms with Crippen LogP contribution in [0.3, 0.4) is 0 Å². The summed E-state index contributed by atoms with van der Waals surface area (Å²) in [6, 6.07) is 4.38. The average Bonchev–Trinajstić information content (AvgIpc) is 2.96. The Labute approximate surface area is 164 Å². The SMILES string of the molecule is Cn1cc(C(=O)OCC2CCN(CCNS(C)(=O)=O)CC2)c2cc(F)ccc21. The molecule has 1 aliphatic rings. The number of halogens is 1. The largest absolute Gasteiger partial charge is 0.462 e. The van der Waals surface area contributed by atoms with Gasteiger partial charge in [0, 0.05) is 37.2 Å². The number of carbonyl (C=O) groups excluding carboxylic acids is 1. The van der Waals surface area contributed by atoms with Gasteiger partial charge in [-0.2, -0.15) is 0 Å². The van der Waals surface area contributed by atoms with Crippen LogP contribution >= 0.6 is 0 Å². The van der Waals surface area contributed by atoms with E-state index < -0.39 is 16.0 Å². The van der Waals surface area contributed by atoms with E-state index in [2.05, 4.69) is 9.62 Å². The van der Waals surface area contributed by atoms with Gasteiger partial charge in [0.2, 0.25) is 10.0 Å². The lowest BCUT2D eigenvalue weighted by atomic mass is 9.98. The van der Waals surface area contributed by atoms with Crippen LogP contribution in [0.1, 0.15) is 23.2 Å². The summed E-state index contributed by atoms with van der Waals surface area (Å²) in [7, 11) is -1.35. The van der Waals surface area contributed by atoms with Crippen molar-refractivity contribution in [3.8, 4) is 0 Å². The molecule has 1 aromatic carbocycles. The molecule has 1 fully saturated rings. The smallest absolute Gasteiger partial charge is 0.340 e. The second-order valence-electron chi connectivity index (χ2n) is 7.37. The average molecular weight is 411 g/mol. The number of hydrogen-bond donors (Lipinski definition) is 1. The number of aryl methyl sites for hydroxylation is 1. The Morgan fingerprint density at radius 2 is 2.04 bits per heavy atom. The summed E-state index contributed by atoms with van der Waals surface area (Å²) in [5, 5.41) is 0.556. The summed E-state index contributed by atoms with van der Waals surface area (Å²) in [4.78, 5) is 14.7. The van der Waals surface area contributed by atoms with E-state index in [-0.39, 0.29) is 11.7 Å². The highest BCUT2D eigenvalue weighted by Gasteiger charge is 2.22. The molecule has 7 nitrogen and oxygen atoms in total. The van der Waals surface area contributed by atoms with Crippen LogP contribution in [-0.2, 0) is 21.8 Å². The van der Waals surface area contributed by atoms with Crippen LogP contribution in [0.4, 0.5) is 4.39 Å². The van der Waals surface area contributed by atoms with Crippen molar-refractivity contribution in [3.05, 3.63) is 35.8 Å². The van der Waals surface area contributed by atoms with Gasteiger partial charge < -0.3 is 14.2 Å². The fourth-order valence-corrected chi connectivity index (χ4v) is 4.03. The number of rotatable bonds is 7. The first-order chi connectivity index (χ1) is 13.2.